The zero-order valence-electron chi connectivity index (χ0n) is 11.3. The first-order chi connectivity index (χ1) is 10.8. The van der Waals surface area contributed by atoms with E-state index >= 15 is 0 Å². The number of halogens is 1. The number of hydrogen-bond acceptors (Lipinski definition) is 5. The molecular formula is C15H10ClN5S. The van der Waals surface area contributed by atoms with E-state index in [-0.39, 0.29) is 0 Å². The van der Waals surface area contributed by atoms with Crippen LogP contribution in [-0.2, 0) is 5.75 Å². The van der Waals surface area contributed by atoms with Crippen molar-refractivity contribution < 1.29 is 0 Å². The standard InChI is InChI=1S/C15H10ClN5S/c16-11-5-3-4-10(8-11)9-22-15-14-18-19-20-21(14)13-7-2-1-6-12(13)17-15/h1-8H,9H2. The topological polar surface area (TPSA) is 56.0 Å². The average Bonchev–Trinajstić information content (AvgIpc) is 3.03. The summed E-state index contributed by atoms with van der Waals surface area (Å²) in [5.74, 6) is 0.758. The van der Waals surface area contributed by atoms with Crippen molar-refractivity contribution in [1.82, 2.24) is 25.0 Å². The molecule has 7 heteroatoms. The molecule has 5 nitrogen and oxygen atoms in total. The zero-order valence-corrected chi connectivity index (χ0v) is 12.9. The van der Waals surface area contributed by atoms with Crippen molar-refractivity contribution in [3.05, 3.63) is 59.1 Å². The quantitative estimate of drug-likeness (QED) is 0.538. The number of para-hydroxylation sites is 2. The summed E-state index contributed by atoms with van der Waals surface area (Å²) in [7, 11) is 0. The third-order valence-corrected chi connectivity index (χ3v) is 4.52. The van der Waals surface area contributed by atoms with Crippen LogP contribution in [0.5, 0.6) is 0 Å². The Morgan fingerprint density at radius 1 is 1.09 bits per heavy atom. The highest BCUT2D eigenvalue weighted by Crippen LogP contribution is 2.27. The molecule has 108 valence electrons. The molecule has 4 aromatic rings. The minimum absolute atomic E-state index is 0.672. The lowest BCUT2D eigenvalue weighted by atomic mass is 10.2. The predicted octanol–water partition coefficient (Wildman–Crippen LogP) is 3.62. The molecule has 0 aliphatic rings. The summed E-state index contributed by atoms with van der Waals surface area (Å²) in [5, 5.41) is 13.5. The number of thioether (sulfide) groups is 1. The second-order valence-electron chi connectivity index (χ2n) is 4.74. The first-order valence-electron chi connectivity index (χ1n) is 6.65. The summed E-state index contributed by atoms with van der Waals surface area (Å²) in [5.41, 5.74) is 3.58. The number of hydrogen-bond donors (Lipinski definition) is 0. The predicted molar refractivity (Wildman–Crippen MR) is 87.1 cm³/mol. The Labute approximate surface area is 135 Å². The van der Waals surface area contributed by atoms with Crippen LogP contribution in [0.25, 0.3) is 16.7 Å². The first-order valence-corrected chi connectivity index (χ1v) is 8.02. The van der Waals surface area contributed by atoms with Crippen molar-refractivity contribution >= 4 is 40.0 Å². The number of rotatable bonds is 3. The van der Waals surface area contributed by atoms with Crippen LogP contribution in [0.4, 0.5) is 0 Å². The molecule has 22 heavy (non-hydrogen) atoms. The molecule has 0 saturated heterocycles. The van der Waals surface area contributed by atoms with Gasteiger partial charge in [0.25, 0.3) is 0 Å². The van der Waals surface area contributed by atoms with Crippen molar-refractivity contribution in [2.45, 2.75) is 10.8 Å². The van der Waals surface area contributed by atoms with E-state index in [2.05, 4.69) is 20.5 Å². The van der Waals surface area contributed by atoms with Gasteiger partial charge in [0, 0.05) is 10.8 Å². The minimum atomic E-state index is 0.672. The first kappa shape index (κ1) is 13.5. The third kappa shape index (κ3) is 2.40. The van der Waals surface area contributed by atoms with Crippen molar-refractivity contribution in [2.75, 3.05) is 0 Å². The van der Waals surface area contributed by atoms with Crippen LogP contribution in [0.3, 0.4) is 0 Å². The van der Waals surface area contributed by atoms with Crippen molar-refractivity contribution in [2.24, 2.45) is 0 Å². The van der Waals surface area contributed by atoms with Crippen molar-refractivity contribution in [3.63, 3.8) is 0 Å². The lowest BCUT2D eigenvalue weighted by Gasteiger charge is -2.05. The highest BCUT2D eigenvalue weighted by molar-refractivity contribution is 7.98. The summed E-state index contributed by atoms with van der Waals surface area (Å²) >= 11 is 7.62. The van der Waals surface area contributed by atoms with Crippen LogP contribution in [0, 0.1) is 0 Å². The average molecular weight is 328 g/mol. The Morgan fingerprint density at radius 3 is 2.91 bits per heavy atom. The maximum absolute atomic E-state index is 6.02. The molecular weight excluding hydrogens is 318 g/mol. The molecule has 2 aromatic carbocycles. The fourth-order valence-corrected chi connectivity index (χ4v) is 3.37. The SMILES string of the molecule is Clc1cccc(CSc2nc3ccccc3n3nnnc23)c1. The van der Waals surface area contributed by atoms with Gasteiger partial charge in [0.2, 0.25) is 5.65 Å². The highest BCUT2D eigenvalue weighted by Gasteiger charge is 2.11. The Kier molecular flexibility index (Phi) is 3.40. The molecule has 2 aromatic heterocycles. The van der Waals surface area contributed by atoms with E-state index < -0.39 is 0 Å². The van der Waals surface area contributed by atoms with Crippen molar-refractivity contribution in [1.29, 1.82) is 0 Å². The lowest BCUT2D eigenvalue weighted by Crippen LogP contribution is -1.96. The molecule has 0 fully saturated rings. The van der Waals surface area contributed by atoms with E-state index in [1.54, 1.807) is 16.3 Å². The van der Waals surface area contributed by atoms with Gasteiger partial charge in [-0.1, -0.05) is 47.6 Å². The Balaban J connectivity index is 1.75. The van der Waals surface area contributed by atoms with Crippen LogP contribution in [0.1, 0.15) is 5.56 Å². The van der Waals surface area contributed by atoms with Gasteiger partial charge in [-0.2, -0.15) is 4.52 Å². The molecule has 0 aliphatic carbocycles. The van der Waals surface area contributed by atoms with Crippen molar-refractivity contribution in [3.8, 4) is 0 Å². The molecule has 0 aliphatic heterocycles. The molecule has 0 bridgehead atoms. The van der Waals surface area contributed by atoms with Crippen LogP contribution in [0.2, 0.25) is 5.02 Å². The largest absolute Gasteiger partial charge is 0.236 e. The van der Waals surface area contributed by atoms with Gasteiger partial charge in [-0.05, 0) is 40.3 Å². The van der Waals surface area contributed by atoms with Gasteiger partial charge < -0.3 is 0 Å². The minimum Gasteiger partial charge on any atom is -0.236 e. The van der Waals surface area contributed by atoms with Gasteiger partial charge in [0.1, 0.15) is 5.03 Å². The van der Waals surface area contributed by atoms with E-state index in [1.165, 1.54) is 0 Å². The Hall–Kier alpha value is -2.18. The number of aromatic nitrogens is 5. The molecule has 0 saturated carbocycles. The lowest BCUT2D eigenvalue weighted by molar-refractivity contribution is 0.839. The van der Waals surface area contributed by atoms with Crippen LogP contribution in [0.15, 0.2) is 53.6 Å². The smallest absolute Gasteiger partial charge is 0.212 e. The van der Waals surface area contributed by atoms with Crippen LogP contribution >= 0.6 is 23.4 Å². The van der Waals surface area contributed by atoms with Crippen LogP contribution < -0.4 is 0 Å². The molecule has 0 amide bonds. The summed E-state index contributed by atoms with van der Waals surface area (Å²) in [4.78, 5) is 4.68. The number of benzene rings is 2. The van der Waals surface area contributed by atoms with E-state index in [1.807, 2.05) is 48.5 Å². The Bertz CT molecular complexity index is 968. The molecule has 0 spiro atoms. The number of tetrazole rings is 1. The summed E-state index contributed by atoms with van der Waals surface area (Å²) in [6, 6.07) is 15.6. The molecule has 4 rings (SSSR count). The number of nitrogens with zero attached hydrogens (tertiary/aromatic N) is 5. The molecule has 0 unspecified atom stereocenters. The normalized spacial score (nSPS) is 11.3. The fourth-order valence-electron chi connectivity index (χ4n) is 2.26. The monoisotopic (exact) mass is 327 g/mol. The Morgan fingerprint density at radius 2 is 2.00 bits per heavy atom. The van der Waals surface area contributed by atoms with E-state index in [0.717, 1.165) is 32.4 Å². The second-order valence-corrected chi connectivity index (χ2v) is 6.14. The maximum Gasteiger partial charge on any atom is 0.212 e. The highest BCUT2D eigenvalue weighted by atomic mass is 35.5. The van der Waals surface area contributed by atoms with Gasteiger partial charge in [-0.3, -0.25) is 0 Å². The van der Waals surface area contributed by atoms with Gasteiger partial charge in [0.15, 0.2) is 0 Å². The van der Waals surface area contributed by atoms with Gasteiger partial charge in [0.05, 0.1) is 11.0 Å². The number of fused-ring (bicyclic) bond motifs is 3. The zero-order chi connectivity index (χ0) is 14.9. The van der Waals surface area contributed by atoms with E-state index in [0.29, 0.717) is 5.65 Å². The summed E-state index contributed by atoms with van der Waals surface area (Å²) in [6.07, 6.45) is 0. The van der Waals surface area contributed by atoms with E-state index in [4.69, 9.17) is 11.6 Å². The molecule has 0 atom stereocenters. The van der Waals surface area contributed by atoms with E-state index in [9.17, 15) is 0 Å². The van der Waals surface area contributed by atoms with Gasteiger partial charge >= 0.3 is 0 Å². The third-order valence-electron chi connectivity index (χ3n) is 3.26. The summed E-state index contributed by atoms with van der Waals surface area (Å²) < 4.78 is 1.72. The molecule has 0 radical (unpaired) electrons. The second kappa shape index (κ2) is 5.55. The van der Waals surface area contributed by atoms with Gasteiger partial charge in [-0.25, -0.2) is 4.98 Å². The maximum atomic E-state index is 6.02. The summed E-state index contributed by atoms with van der Waals surface area (Å²) in [6.45, 7) is 0. The molecule has 0 N–H and O–H groups in total. The van der Waals surface area contributed by atoms with Gasteiger partial charge in [-0.15, -0.1) is 5.10 Å². The fraction of sp³-hybridized carbons (Fsp3) is 0.0667. The van der Waals surface area contributed by atoms with Crippen LogP contribution in [-0.4, -0.2) is 25.0 Å². The molecule has 2 heterocycles.